The largest absolute Gasteiger partial charge is 0.378 e. The minimum absolute atomic E-state index is 0.116. The van der Waals surface area contributed by atoms with E-state index in [9.17, 15) is 0 Å². The van der Waals surface area contributed by atoms with Crippen LogP contribution in [0.25, 0.3) is 0 Å². The summed E-state index contributed by atoms with van der Waals surface area (Å²) in [5.41, 5.74) is 1.49. The highest BCUT2D eigenvalue weighted by Gasteiger charge is 2.48. The van der Waals surface area contributed by atoms with Gasteiger partial charge in [0.1, 0.15) is 5.01 Å². The van der Waals surface area contributed by atoms with Crippen LogP contribution in [0.3, 0.4) is 0 Å². The van der Waals surface area contributed by atoms with Crippen molar-refractivity contribution in [2.24, 2.45) is 0 Å². The Morgan fingerprint density at radius 2 is 2.21 bits per heavy atom. The lowest BCUT2D eigenvalue weighted by atomic mass is 9.74. The van der Waals surface area contributed by atoms with Crippen molar-refractivity contribution in [1.82, 2.24) is 10.3 Å². The molecule has 3 rings (SSSR count). The molecule has 0 bridgehead atoms. The smallest absolute Gasteiger partial charge is 0.113 e. The van der Waals surface area contributed by atoms with E-state index in [-0.39, 0.29) is 5.54 Å². The third-order valence-electron chi connectivity index (χ3n) is 4.27. The van der Waals surface area contributed by atoms with E-state index in [4.69, 9.17) is 9.72 Å². The fraction of sp³-hybridized carbons (Fsp3) is 0.800. The van der Waals surface area contributed by atoms with Gasteiger partial charge in [-0.05, 0) is 52.0 Å². The fourth-order valence-corrected chi connectivity index (χ4v) is 4.56. The van der Waals surface area contributed by atoms with Gasteiger partial charge in [0, 0.05) is 11.5 Å². The van der Waals surface area contributed by atoms with E-state index in [1.165, 1.54) is 41.3 Å². The molecule has 0 aliphatic heterocycles. The molecule has 0 spiro atoms. The molecule has 1 heterocycles. The number of aromatic nitrogens is 1. The van der Waals surface area contributed by atoms with Gasteiger partial charge in [0.25, 0.3) is 0 Å². The second-order valence-corrected chi connectivity index (χ2v) is 6.82. The van der Waals surface area contributed by atoms with E-state index in [2.05, 4.69) is 19.2 Å². The van der Waals surface area contributed by atoms with E-state index in [0.29, 0.717) is 6.10 Å². The van der Waals surface area contributed by atoms with Gasteiger partial charge in [0.05, 0.1) is 17.3 Å². The molecule has 106 valence electrons. The Bertz CT molecular complexity index is 416. The first-order valence-electron chi connectivity index (χ1n) is 7.63. The van der Waals surface area contributed by atoms with Crippen molar-refractivity contribution in [2.45, 2.75) is 64.0 Å². The van der Waals surface area contributed by atoms with Crippen LogP contribution in [-0.4, -0.2) is 24.2 Å². The predicted octanol–water partition coefficient (Wildman–Crippen LogP) is 3.03. The topological polar surface area (TPSA) is 34.2 Å². The molecule has 1 aromatic heterocycles. The first-order chi connectivity index (χ1) is 9.27. The molecule has 0 aromatic carbocycles. The molecule has 1 fully saturated rings. The Balaban J connectivity index is 1.75. The van der Waals surface area contributed by atoms with E-state index in [1.54, 1.807) is 0 Å². The number of hydrogen-bond donors (Lipinski definition) is 1. The number of hydrogen-bond acceptors (Lipinski definition) is 4. The number of fused-ring (bicyclic) bond motifs is 1. The lowest BCUT2D eigenvalue weighted by Crippen LogP contribution is -2.55. The maximum Gasteiger partial charge on any atom is 0.113 e. The number of nitrogens with zero attached hydrogens (tertiary/aromatic N) is 1. The molecule has 3 nitrogen and oxygen atoms in total. The van der Waals surface area contributed by atoms with Crippen molar-refractivity contribution in [1.29, 1.82) is 0 Å². The summed E-state index contributed by atoms with van der Waals surface area (Å²) in [6, 6.07) is 0. The molecule has 0 saturated heterocycles. The average Bonchev–Trinajstić information content (AvgIpc) is 2.92. The van der Waals surface area contributed by atoms with Crippen molar-refractivity contribution in [3.63, 3.8) is 0 Å². The van der Waals surface area contributed by atoms with Crippen LogP contribution in [0, 0.1) is 0 Å². The van der Waals surface area contributed by atoms with Crippen molar-refractivity contribution in [2.75, 3.05) is 13.2 Å². The normalized spacial score (nSPS) is 29.3. The number of aryl methyl sites for hydroxylation is 2. The molecule has 0 unspecified atom stereocenters. The highest BCUT2D eigenvalue weighted by molar-refractivity contribution is 7.12. The Labute approximate surface area is 119 Å². The zero-order valence-electron chi connectivity index (χ0n) is 12.0. The maximum atomic E-state index is 5.75. The molecule has 0 radical (unpaired) electrons. The first kappa shape index (κ1) is 13.5. The number of ether oxygens (including phenoxy) is 1. The Morgan fingerprint density at radius 1 is 1.37 bits per heavy atom. The Kier molecular flexibility index (Phi) is 3.92. The van der Waals surface area contributed by atoms with Gasteiger partial charge in [-0.25, -0.2) is 4.98 Å². The summed E-state index contributed by atoms with van der Waals surface area (Å²) < 4.78 is 5.75. The van der Waals surface area contributed by atoms with Crippen LogP contribution in [0.5, 0.6) is 0 Å². The van der Waals surface area contributed by atoms with Gasteiger partial charge >= 0.3 is 0 Å². The highest BCUT2D eigenvalue weighted by Crippen LogP contribution is 2.46. The van der Waals surface area contributed by atoms with Gasteiger partial charge in [-0.3, -0.25) is 0 Å². The van der Waals surface area contributed by atoms with Crippen LogP contribution in [0.2, 0.25) is 0 Å². The molecule has 19 heavy (non-hydrogen) atoms. The van der Waals surface area contributed by atoms with Gasteiger partial charge in [-0.1, -0.05) is 6.92 Å². The van der Waals surface area contributed by atoms with Crippen LogP contribution in [0.4, 0.5) is 0 Å². The first-order valence-corrected chi connectivity index (χ1v) is 8.44. The Hall–Kier alpha value is -0.450. The summed E-state index contributed by atoms with van der Waals surface area (Å²) in [6.07, 6.45) is 7.50. The van der Waals surface area contributed by atoms with Gasteiger partial charge in [-0.2, -0.15) is 0 Å². The zero-order chi connectivity index (χ0) is 13.3. The predicted molar refractivity (Wildman–Crippen MR) is 78.8 cm³/mol. The lowest BCUT2D eigenvalue weighted by molar-refractivity contribution is -0.0535. The lowest BCUT2D eigenvalue weighted by Gasteiger charge is -2.46. The minimum atomic E-state index is 0.116. The van der Waals surface area contributed by atoms with E-state index >= 15 is 0 Å². The molecule has 2 aliphatic carbocycles. The molecular formula is C15H24N2OS. The van der Waals surface area contributed by atoms with Crippen LogP contribution in [0.15, 0.2) is 0 Å². The number of rotatable bonds is 6. The molecule has 1 aromatic rings. The highest BCUT2D eigenvalue weighted by atomic mass is 32.1. The molecule has 1 N–H and O–H groups in total. The van der Waals surface area contributed by atoms with Crippen LogP contribution < -0.4 is 5.32 Å². The van der Waals surface area contributed by atoms with Gasteiger partial charge < -0.3 is 10.1 Å². The molecule has 2 aliphatic rings. The number of nitrogens with one attached hydrogen (secondary N) is 1. The SMILES string of the molecule is CCCNC1(c2nc3c(s2)CCC3)CC(OCC)C1. The van der Waals surface area contributed by atoms with Crippen molar-refractivity contribution in [3.05, 3.63) is 15.6 Å². The second-order valence-electron chi connectivity index (χ2n) is 5.74. The standard InChI is InChI=1S/C15H24N2OS/c1-3-8-16-15(9-11(10-15)18-4-2)14-17-12-6-5-7-13(12)19-14/h11,16H,3-10H2,1-2H3. The third kappa shape index (κ3) is 2.46. The zero-order valence-corrected chi connectivity index (χ0v) is 12.8. The second kappa shape index (κ2) is 5.51. The number of thiazole rings is 1. The molecule has 1 saturated carbocycles. The summed E-state index contributed by atoms with van der Waals surface area (Å²) in [7, 11) is 0. The summed E-state index contributed by atoms with van der Waals surface area (Å²) in [5, 5.41) is 5.06. The van der Waals surface area contributed by atoms with E-state index in [1.807, 2.05) is 11.3 Å². The monoisotopic (exact) mass is 280 g/mol. The van der Waals surface area contributed by atoms with Gasteiger partial charge in [0.15, 0.2) is 0 Å². The van der Waals surface area contributed by atoms with Crippen LogP contribution in [0.1, 0.15) is 55.1 Å². The van der Waals surface area contributed by atoms with Crippen LogP contribution in [-0.2, 0) is 23.1 Å². The minimum Gasteiger partial charge on any atom is -0.378 e. The fourth-order valence-electron chi connectivity index (χ4n) is 3.23. The molecule has 0 amide bonds. The molecule has 4 heteroatoms. The van der Waals surface area contributed by atoms with Gasteiger partial charge in [-0.15, -0.1) is 11.3 Å². The Morgan fingerprint density at radius 3 is 2.89 bits per heavy atom. The van der Waals surface area contributed by atoms with Crippen LogP contribution >= 0.6 is 11.3 Å². The van der Waals surface area contributed by atoms with Crippen molar-refractivity contribution in [3.8, 4) is 0 Å². The van der Waals surface area contributed by atoms with Gasteiger partial charge in [0.2, 0.25) is 0 Å². The van der Waals surface area contributed by atoms with E-state index < -0.39 is 0 Å². The maximum absolute atomic E-state index is 5.75. The summed E-state index contributed by atoms with van der Waals surface area (Å²) in [5.74, 6) is 0. The third-order valence-corrected chi connectivity index (χ3v) is 5.63. The summed E-state index contributed by atoms with van der Waals surface area (Å²) in [6.45, 7) is 6.20. The summed E-state index contributed by atoms with van der Waals surface area (Å²) in [4.78, 5) is 6.47. The average molecular weight is 280 g/mol. The van der Waals surface area contributed by atoms with E-state index in [0.717, 1.165) is 26.0 Å². The quantitative estimate of drug-likeness (QED) is 0.869. The summed E-state index contributed by atoms with van der Waals surface area (Å²) >= 11 is 1.95. The molecular weight excluding hydrogens is 256 g/mol. The van der Waals surface area contributed by atoms with Crippen molar-refractivity contribution < 1.29 is 4.74 Å². The van der Waals surface area contributed by atoms with Crippen molar-refractivity contribution >= 4 is 11.3 Å². The molecule has 0 atom stereocenters.